The molecule has 0 saturated carbocycles. The van der Waals surface area contributed by atoms with Gasteiger partial charge in [0.1, 0.15) is 0 Å². The average molecular weight is 372 g/mol. The number of amides is 3. The molecule has 0 unspecified atom stereocenters. The van der Waals surface area contributed by atoms with Crippen LogP contribution in [-0.4, -0.2) is 47.9 Å². The van der Waals surface area contributed by atoms with Crippen LogP contribution < -0.4 is 5.32 Å². The first-order valence-electron chi connectivity index (χ1n) is 8.75. The molecular weight excluding hydrogens is 350 g/mol. The van der Waals surface area contributed by atoms with E-state index < -0.39 is 0 Å². The molecule has 1 fully saturated rings. The molecule has 0 radical (unpaired) electrons. The van der Waals surface area contributed by atoms with Crippen LogP contribution in [0.1, 0.15) is 12.0 Å². The van der Waals surface area contributed by atoms with Crippen LogP contribution in [0.25, 0.3) is 0 Å². The zero-order valence-electron chi connectivity index (χ0n) is 14.5. The van der Waals surface area contributed by atoms with Crippen molar-refractivity contribution in [3.8, 4) is 0 Å². The highest BCUT2D eigenvalue weighted by Crippen LogP contribution is 2.14. The maximum Gasteiger partial charge on any atom is 0.321 e. The van der Waals surface area contributed by atoms with Crippen LogP contribution in [0.4, 0.5) is 10.5 Å². The number of nitrogens with one attached hydrogen (secondary N) is 1. The molecule has 1 aliphatic rings. The first kappa shape index (κ1) is 18.3. The van der Waals surface area contributed by atoms with Crippen molar-refractivity contribution in [2.24, 2.45) is 0 Å². The molecule has 1 saturated heterocycles. The number of nitrogens with zero attached hydrogens (tertiary/aromatic N) is 2. The number of urea groups is 1. The van der Waals surface area contributed by atoms with E-state index in [0.717, 1.165) is 17.7 Å². The molecular formula is C20H22ClN3O2. The normalized spacial score (nSPS) is 14.7. The Morgan fingerprint density at radius 2 is 1.65 bits per heavy atom. The standard InChI is InChI=1S/C20H22ClN3O2/c21-17-7-4-6-16(14-17)15-19(25)23-10-5-11-24(13-12-23)20(26)22-18-8-2-1-3-9-18/h1-4,6-9,14H,5,10-13,15H2,(H,22,26). The van der Waals surface area contributed by atoms with Crippen LogP contribution in [0.15, 0.2) is 54.6 Å². The third-order valence-electron chi connectivity index (χ3n) is 4.41. The summed E-state index contributed by atoms with van der Waals surface area (Å²) in [4.78, 5) is 28.6. The molecule has 0 aromatic heterocycles. The molecule has 2 aromatic carbocycles. The van der Waals surface area contributed by atoms with Crippen LogP contribution >= 0.6 is 11.6 Å². The van der Waals surface area contributed by atoms with Gasteiger partial charge in [0.15, 0.2) is 0 Å². The average Bonchev–Trinajstić information content (AvgIpc) is 2.89. The number of hydrogen-bond acceptors (Lipinski definition) is 2. The molecule has 1 aliphatic heterocycles. The largest absolute Gasteiger partial charge is 0.341 e. The minimum atomic E-state index is -0.125. The number of anilines is 1. The number of carbonyl (C=O) groups is 2. The summed E-state index contributed by atoms with van der Waals surface area (Å²) < 4.78 is 0. The number of para-hydroxylation sites is 1. The van der Waals surface area contributed by atoms with Gasteiger partial charge < -0.3 is 15.1 Å². The Hall–Kier alpha value is -2.53. The summed E-state index contributed by atoms with van der Waals surface area (Å²) in [5, 5.41) is 3.53. The predicted octanol–water partition coefficient (Wildman–Crippen LogP) is 3.65. The van der Waals surface area contributed by atoms with Gasteiger partial charge in [-0.3, -0.25) is 4.79 Å². The molecule has 6 heteroatoms. The monoisotopic (exact) mass is 371 g/mol. The Bertz CT molecular complexity index is 767. The zero-order valence-corrected chi connectivity index (χ0v) is 15.3. The van der Waals surface area contributed by atoms with Crippen LogP contribution in [-0.2, 0) is 11.2 Å². The molecule has 0 atom stereocenters. The second-order valence-corrected chi connectivity index (χ2v) is 6.76. The molecule has 0 spiro atoms. The van der Waals surface area contributed by atoms with Gasteiger partial charge in [-0.2, -0.15) is 0 Å². The fourth-order valence-electron chi connectivity index (χ4n) is 3.03. The molecule has 5 nitrogen and oxygen atoms in total. The lowest BCUT2D eigenvalue weighted by Gasteiger charge is -2.22. The van der Waals surface area contributed by atoms with Gasteiger partial charge in [0.05, 0.1) is 6.42 Å². The van der Waals surface area contributed by atoms with Gasteiger partial charge in [0.25, 0.3) is 0 Å². The second-order valence-electron chi connectivity index (χ2n) is 6.32. The number of benzene rings is 2. The number of hydrogen-bond donors (Lipinski definition) is 1. The Morgan fingerprint density at radius 3 is 2.42 bits per heavy atom. The molecule has 26 heavy (non-hydrogen) atoms. The van der Waals surface area contributed by atoms with Gasteiger partial charge in [0, 0.05) is 36.9 Å². The molecule has 3 rings (SSSR count). The summed E-state index contributed by atoms with van der Waals surface area (Å²) in [7, 11) is 0. The molecule has 0 aliphatic carbocycles. The fraction of sp³-hybridized carbons (Fsp3) is 0.300. The summed E-state index contributed by atoms with van der Waals surface area (Å²) in [6.07, 6.45) is 1.10. The van der Waals surface area contributed by atoms with Crippen molar-refractivity contribution < 1.29 is 9.59 Å². The zero-order chi connectivity index (χ0) is 18.4. The Balaban J connectivity index is 1.54. The van der Waals surface area contributed by atoms with Crippen molar-refractivity contribution in [2.45, 2.75) is 12.8 Å². The third kappa shape index (κ3) is 4.99. The van der Waals surface area contributed by atoms with E-state index in [-0.39, 0.29) is 11.9 Å². The lowest BCUT2D eigenvalue weighted by atomic mass is 10.1. The van der Waals surface area contributed by atoms with E-state index in [9.17, 15) is 9.59 Å². The second kappa shape index (κ2) is 8.72. The highest BCUT2D eigenvalue weighted by Gasteiger charge is 2.22. The van der Waals surface area contributed by atoms with Crippen molar-refractivity contribution >= 4 is 29.2 Å². The van der Waals surface area contributed by atoms with Gasteiger partial charge in [-0.1, -0.05) is 41.9 Å². The van der Waals surface area contributed by atoms with E-state index in [1.54, 1.807) is 11.0 Å². The van der Waals surface area contributed by atoms with Crippen molar-refractivity contribution in [3.05, 3.63) is 65.2 Å². The summed E-state index contributed by atoms with van der Waals surface area (Å²) in [5.41, 5.74) is 1.68. The van der Waals surface area contributed by atoms with Crippen molar-refractivity contribution in [2.75, 3.05) is 31.5 Å². The van der Waals surface area contributed by atoms with Crippen molar-refractivity contribution in [3.63, 3.8) is 0 Å². The lowest BCUT2D eigenvalue weighted by molar-refractivity contribution is -0.130. The van der Waals surface area contributed by atoms with E-state index in [0.29, 0.717) is 37.6 Å². The maximum atomic E-state index is 12.6. The van der Waals surface area contributed by atoms with E-state index in [1.807, 2.05) is 53.4 Å². The van der Waals surface area contributed by atoms with Gasteiger partial charge in [0.2, 0.25) is 5.91 Å². The quantitative estimate of drug-likeness (QED) is 0.895. The molecule has 136 valence electrons. The highest BCUT2D eigenvalue weighted by molar-refractivity contribution is 6.30. The van der Waals surface area contributed by atoms with E-state index in [1.165, 1.54) is 0 Å². The van der Waals surface area contributed by atoms with Crippen LogP contribution in [0, 0.1) is 0 Å². The number of rotatable bonds is 3. The van der Waals surface area contributed by atoms with Gasteiger partial charge in [-0.25, -0.2) is 4.79 Å². The van der Waals surface area contributed by atoms with Crippen LogP contribution in [0.3, 0.4) is 0 Å². The lowest BCUT2D eigenvalue weighted by Crippen LogP contribution is -2.39. The minimum Gasteiger partial charge on any atom is -0.341 e. The molecule has 1 heterocycles. The van der Waals surface area contributed by atoms with Gasteiger partial charge >= 0.3 is 6.03 Å². The first-order chi connectivity index (χ1) is 12.6. The first-order valence-corrected chi connectivity index (χ1v) is 9.13. The van der Waals surface area contributed by atoms with E-state index in [4.69, 9.17) is 11.6 Å². The van der Waals surface area contributed by atoms with Gasteiger partial charge in [-0.05, 0) is 36.2 Å². The third-order valence-corrected chi connectivity index (χ3v) is 4.64. The molecule has 3 amide bonds. The van der Waals surface area contributed by atoms with E-state index >= 15 is 0 Å². The van der Waals surface area contributed by atoms with Gasteiger partial charge in [-0.15, -0.1) is 0 Å². The minimum absolute atomic E-state index is 0.0672. The number of carbonyl (C=O) groups excluding carboxylic acids is 2. The van der Waals surface area contributed by atoms with Crippen molar-refractivity contribution in [1.29, 1.82) is 0 Å². The van der Waals surface area contributed by atoms with Crippen molar-refractivity contribution in [1.82, 2.24) is 9.80 Å². The Morgan fingerprint density at radius 1 is 0.923 bits per heavy atom. The highest BCUT2D eigenvalue weighted by atomic mass is 35.5. The van der Waals surface area contributed by atoms with Crippen LogP contribution in [0.2, 0.25) is 5.02 Å². The summed E-state index contributed by atoms with van der Waals surface area (Å²) in [6, 6.07) is 16.6. The summed E-state index contributed by atoms with van der Waals surface area (Å²) in [6.45, 7) is 2.37. The summed E-state index contributed by atoms with van der Waals surface area (Å²) >= 11 is 5.98. The maximum absolute atomic E-state index is 12.6. The predicted molar refractivity (Wildman–Crippen MR) is 103 cm³/mol. The summed E-state index contributed by atoms with van der Waals surface area (Å²) in [5.74, 6) is 0.0672. The van der Waals surface area contributed by atoms with Crippen LogP contribution in [0.5, 0.6) is 0 Å². The smallest absolute Gasteiger partial charge is 0.321 e. The molecule has 0 bridgehead atoms. The fourth-order valence-corrected chi connectivity index (χ4v) is 3.24. The molecule has 1 N–H and O–H groups in total. The SMILES string of the molecule is O=C(Cc1cccc(Cl)c1)N1CCCN(C(=O)Nc2ccccc2)CC1. The topological polar surface area (TPSA) is 52.7 Å². The Kier molecular flexibility index (Phi) is 6.12. The van der Waals surface area contributed by atoms with E-state index in [2.05, 4.69) is 5.32 Å². The number of halogens is 1. The molecule has 2 aromatic rings. The Labute approximate surface area is 158 Å².